The zero-order chi connectivity index (χ0) is 17.8. The standard InChI is InChI=1S/C20H35NO3/c1-5-6-18(13-16(2)3)21-14-19(22)15-24-20-9-7-17(8-10-20)11-12-23-4/h7-10,16,18-19,21-22H,5-6,11-15H2,1-4H3/t18-,19?/m1/s1. The summed E-state index contributed by atoms with van der Waals surface area (Å²) < 4.78 is 10.8. The summed E-state index contributed by atoms with van der Waals surface area (Å²) in [5.74, 6) is 1.46. The number of hydrogen-bond donors (Lipinski definition) is 2. The fourth-order valence-corrected chi connectivity index (χ4v) is 2.75. The van der Waals surface area contributed by atoms with Crippen molar-refractivity contribution < 1.29 is 14.6 Å². The minimum absolute atomic E-state index is 0.310. The molecule has 0 aromatic heterocycles. The second kappa shape index (κ2) is 12.3. The topological polar surface area (TPSA) is 50.7 Å². The van der Waals surface area contributed by atoms with E-state index in [-0.39, 0.29) is 0 Å². The Morgan fingerprint density at radius 3 is 2.46 bits per heavy atom. The maximum Gasteiger partial charge on any atom is 0.119 e. The van der Waals surface area contributed by atoms with Crippen LogP contribution in [0.5, 0.6) is 5.75 Å². The van der Waals surface area contributed by atoms with Gasteiger partial charge >= 0.3 is 0 Å². The molecule has 0 heterocycles. The highest BCUT2D eigenvalue weighted by Crippen LogP contribution is 2.13. The summed E-state index contributed by atoms with van der Waals surface area (Å²) in [6.45, 7) is 8.28. The minimum atomic E-state index is -0.496. The van der Waals surface area contributed by atoms with Crippen LogP contribution in [-0.4, -0.2) is 44.1 Å². The molecule has 2 N–H and O–H groups in total. The van der Waals surface area contributed by atoms with Crippen molar-refractivity contribution in [3.63, 3.8) is 0 Å². The summed E-state index contributed by atoms with van der Waals surface area (Å²) in [6.07, 6.45) is 3.85. The van der Waals surface area contributed by atoms with Crippen LogP contribution in [0.15, 0.2) is 24.3 Å². The molecule has 0 aliphatic heterocycles. The van der Waals surface area contributed by atoms with Crippen LogP contribution in [0.2, 0.25) is 0 Å². The number of hydrogen-bond acceptors (Lipinski definition) is 4. The Hall–Kier alpha value is -1.10. The minimum Gasteiger partial charge on any atom is -0.491 e. The molecule has 1 aromatic carbocycles. The SMILES string of the molecule is CCC[C@H](CC(C)C)NCC(O)COc1ccc(CCOC)cc1. The van der Waals surface area contributed by atoms with Crippen LogP contribution in [0.3, 0.4) is 0 Å². The van der Waals surface area contributed by atoms with Crippen LogP contribution in [-0.2, 0) is 11.2 Å². The molecule has 1 rings (SSSR count). The quantitative estimate of drug-likeness (QED) is 0.579. The number of benzene rings is 1. The maximum atomic E-state index is 10.1. The molecule has 4 heteroatoms. The van der Waals surface area contributed by atoms with Crippen LogP contribution >= 0.6 is 0 Å². The van der Waals surface area contributed by atoms with Gasteiger partial charge in [-0.25, -0.2) is 0 Å². The molecule has 0 aliphatic carbocycles. The normalized spacial score (nSPS) is 13.9. The summed E-state index contributed by atoms with van der Waals surface area (Å²) in [5, 5.41) is 13.6. The van der Waals surface area contributed by atoms with Gasteiger partial charge in [-0.3, -0.25) is 0 Å². The Kier molecular flexibility index (Phi) is 10.7. The van der Waals surface area contributed by atoms with E-state index < -0.39 is 6.10 Å². The van der Waals surface area contributed by atoms with Gasteiger partial charge in [0.2, 0.25) is 0 Å². The highest BCUT2D eigenvalue weighted by Gasteiger charge is 2.12. The van der Waals surface area contributed by atoms with E-state index in [1.165, 1.54) is 5.56 Å². The highest BCUT2D eigenvalue weighted by atomic mass is 16.5. The van der Waals surface area contributed by atoms with Crippen molar-refractivity contribution in [3.05, 3.63) is 29.8 Å². The fraction of sp³-hybridized carbons (Fsp3) is 0.700. The Morgan fingerprint density at radius 2 is 1.88 bits per heavy atom. The summed E-state index contributed by atoms with van der Waals surface area (Å²) in [4.78, 5) is 0. The molecule has 0 radical (unpaired) electrons. The molecule has 0 saturated heterocycles. The molecule has 1 unspecified atom stereocenters. The van der Waals surface area contributed by atoms with E-state index in [9.17, 15) is 5.11 Å². The monoisotopic (exact) mass is 337 g/mol. The Labute approximate surface area is 147 Å². The number of aliphatic hydroxyl groups is 1. The van der Waals surface area contributed by atoms with E-state index in [0.29, 0.717) is 25.1 Å². The lowest BCUT2D eigenvalue weighted by Gasteiger charge is -2.22. The summed E-state index contributed by atoms with van der Waals surface area (Å²) >= 11 is 0. The van der Waals surface area contributed by atoms with Crippen molar-refractivity contribution >= 4 is 0 Å². The van der Waals surface area contributed by atoms with Crippen molar-refractivity contribution in [1.29, 1.82) is 0 Å². The third-order valence-electron chi connectivity index (χ3n) is 4.00. The zero-order valence-corrected chi connectivity index (χ0v) is 15.8. The average Bonchev–Trinajstić information content (AvgIpc) is 2.56. The van der Waals surface area contributed by atoms with Gasteiger partial charge in [0.05, 0.1) is 6.61 Å². The molecule has 0 amide bonds. The summed E-state index contributed by atoms with van der Waals surface area (Å²) in [7, 11) is 1.71. The first-order valence-electron chi connectivity index (χ1n) is 9.17. The van der Waals surface area contributed by atoms with E-state index in [0.717, 1.165) is 38.0 Å². The van der Waals surface area contributed by atoms with E-state index in [1.807, 2.05) is 24.3 Å². The lowest BCUT2D eigenvalue weighted by atomic mass is 10.00. The summed E-state index contributed by atoms with van der Waals surface area (Å²) in [5.41, 5.74) is 1.22. The second-order valence-corrected chi connectivity index (χ2v) is 6.87. The van der Waals surface area contributed by atoms with Gasteiger partial charge in [-0.1, -0.05) is 39.3 Å². The molecule has 138 valence electrons. The van der Waals surface area contributed by atoms with Gasteiger partial charge in [-0.05, 0) is 42.9 Å². The van der Waals surface area contributed by atoms with Gasteiger partial charge in [0, 0.05) is 19.7 Å². The molecule has 0 saturated carbocycles. The van der Waals surface area contributed by atoms with Crippen molar-refractivity contribution in [2.45, 2.75) is 58.6 Å². The number of rotatable bonds is 13. The number of aliphatic hydroxyl groups excluding tert-OH is 1. The Morgan fingerprint density at radius 1 is 1.17 bits per heavy atom. The predicted molar refractivity (Wildman–Crippen MR) is 99.7 cm³/mol. The van der Waals surface area contributed by atoms with Crippen LogP contribution in [0.4, 0.5) is 0 Å². The highest BCUT2D eigenvalue weighted by molar-refractivity contribution is 5.27. The van der Waals surface area contributed by atoms with E-state index in [4.69, 9.17) is 9.47 Å². The second-order valence-electron chi connectivity index (χ2n) is 6.87. The van der Waals surface area contributed by atoms with Crippen molar-refractivity contribution in [2.75, 3.05) is 26.9 Å². The van der Waals surface area contributed by atoms with E-state index in [1.54, 1.807) is 7.11 Å². The number of nitrogens with one attached hydrogen (secondary N) is 1. The van der Waals surface area contributed by atoms with Gasteiger partial charge in [0.25, 0.3) is 0 Å². The van der Waals surface area contributed by atoms with Gasteiger partial charge in [0.1, 0.15) is 18.5 Å². The Bertz CT molecular complexity index is 419. The molecule has 0 spiro atoms. The van der Waals surface area contributed by atoms with Crippen molar-refractivity contribution in [3.8, 4) is 5.75 Å². The Balaban J connectivity index is 2.30. The average molecular weight is 338 g/mol. The number of methoxy groups -OCH3 is 1. The first-order chi connectivity index (χ1) is 11.5. The van der Waals surface area contributed by atoms with Crippen molar-refractivity contribution in [2.24, 2.45) is 5.92 Å². The smallest absolute Gasteiger partial charge is 0.119 e. The lowest BCUT2D eigenvalue weighted by molar-refractivity contribution is 0.102. The van der Waals surface area contributed by atoms with Gasteiger partial charge in [-0.15, -0.1) is 0 Å². The zero-order valence-electron chi connectivity index (χ0n) is 15.8. The third-order valence-corrected chi connectivity index (χ3v) is 4.00. The van der Waals surface area contributed by atoms with Gasteiger partial charge < -0.3 is 19.9 Å². The molecular weight excluding hydrogens is 302 g/mol. The molecule has 24 heavy (non-hydrogen) atoms. The number of ether oxygens (including phenoxy) is 2. The lowest BCUT2D eigenvalue weighted by Crippen LogP contribution is -2.38. The first kappa shape index (κ1) is 20.9. The van der Waals surface area contributed by atoms with Crippen LogP contribution in [0.1, 0.15) is 45.6 Å². The van der Waals surface area contributed by atoms with Gasteiger partial charge in [0.15, 0.2) is 0 Å². The van der Waals surface area contributed by atoms with Crippen LogP contribution in [0.25, 0.3) is 0 Å². The van der Waals surface area contributed by atoms with Crippen LogP contribution < -0.4 is 10.1 Å². The molecule has 0 fully saturated rings. The molecule has 4 nitrogen and oxygen atoms in total. The first-order valence-corrected chi connectivity index (χ1v) is 9.17. The van der Waals surface area contributed by atoms with E-state index in [2.05, 4.69) is 26.1 Å². The molecular formula is C20H35NO3. The molecule has 1 aromatic rings. The maximum absolute atomic E-state index is 10.1. The molecule has 0 bridgehead atoms. The molecule has 0 aliphatic rings. The molecule has 2 atom stereocenters. The fourth-order valence-electron chi connectivity index (χ4n) is 2.75. The predicted octanol–water partition coefficient (Wildman–Crippen LogP) is 3.42. The summed E-state index contributed by atoms with van der Waals surface area (Å²) in [6, 6.07) is 8.45. The van der Waals surface area contributed by atoms with E-state index >= 15 is 0 Å². The van der Waals surface area contributed by atoms with Crippen LogP contribution in [0, 0.1) is 5.92 Å². The third kappa shape index (κ3) is 9.26. The van der Waals surface area contributed by atoms with Gasteiger partial charge in [-0.2, -0.15) is 0 Å². The largest absolute Gasteiger partial charge is 0.491 e. The van der Waals surface area contributed by atoms with Crippen molar-refractivity contribution in [1.82, 2.24) is 5.32 Å².